The molecular weight excluding hydrogens is 283 g/mol. The van der Waals surface area contributed by atoms with E-state index in [1.165, 1.54) is 12.1 Å². The monoisotopic (exact) mass is 298 g/mol. The molecule has 0 fully saturated rings. The molecule has 1 unspecified atom stereocenters. The second-order valence-electron chi connectivity index (χ2n) is 4.40. The Hall–Kier alpha value is -1.18. The van der Waals surface area contributed by atoms with E-state index in [1.54, 1.807) is 17.8 Å². The summed E-state index contributed by atoms with van der Waals surface area (Å²) in [6.45, 7) is 0. The van der Waals surface area contributed by atoms with Crippen molar-refractivity contribution in [3.63, 3.8) is 0 Å². The molecule has 1 aliphatic heterocycles. The molecule has 1 aromatic carbocycles. The number of thiocarbonyl (C=S) groups is 1. The lowest BCUT2D eigenvalue weighted by atomic mass is 10.0. The van der Waals surface area contributed by atoms with Gasteiger partial charge in [0.2, 0.25) is 0 Å². The molecule has 2 rings (SSSR count). The number of hydrogen-bond donors (Lipinski definition) is 2. The molecule has 0 aliphatic carbocycles. The predicted octanol–water partition coefficient (Wildman–Crippen LogP) is 1.40. The van der Waals surface area contributed by atoms with Crippen molar-refractivity contribution in [2.75, 3.05) is 19.8 Å². The van der Waals surface area contributed by atoms with Crippen molar-refractivity contribution < 1.29 is 4.39 Å². The molecule has 7 heteroatoms. The summed E-state index contributed by atoms with van der Waals surface area (Å²) >= 11 is 6.45. The molecule has 0 saturated carbocycles. The first-order chi connectivity index (χ1) is 8.99. The van der Waals surface area contributed by atoms with Crippen LogP contribution in [0.2, 0.25) is 0 Å². The molecule has 0 radical (unpaired) electrons. The maximum Gasteiger partial charge on any atom is 0.184 e. The molecule has 4 nitrogen and oxygen atoms in total. The SMILES string of the molecule is CN(C)C1CSc2ccc(F)cc2/C1=N/NC(N)=S. The zero-order chi connectivity index (χ0) is 14.0. The van der Waals surface area contributed by atoms with Gasteiger partial charge >= 0.3 is 0 Å². The molecule has 0 spiro atoms. The summed E-state index contributed by atoms with van der Waals surface area (Å²) in [7, 11) is 3.93. The Kier molecular flexibility index (Phi) is 4.38. The summed E-state index contributed by atoms with van der Waals surface area (Å²) in [5.41, 5.74) is 9.55. The Morgan fingerprint density at radius 2 is 2.32 bits per heavy atom. The topological polar surface area (TPSA) is 53.6 Å². The van der Waals surface area contributed by atoms with Crippen LogP contribution in [0.25, 0.3) is 0 Å². The summed E-state index contributed by atoms with van der Waals surface area (Å²) in [6, 6.07) is 4.82. The first-order valence-electron chi connectivity index (χ1n) is 5.71. The standard InChI is InChI=1S/C12H15FN4S2/c1-17(2)9-6-19-10-4-3-7(13)5-8(10)11(9)15-16-12(14)18/h3-5,9H,6H2,1-2H3,(H3,14,16,18)/b15-11-. The van der Waals surface area contributed by atoms with E-state index < -0.39 is 0 Å². The summed E-state index contributed by atoms with van der Waals surface area (Å²) in [6.07, 6.45) is 0. The van der Waals surface area contributed by atoms with E-state index in [0.717, 1.165) is 21.9 Å². The average Bonchev–Trinajstić information content (AvgIpc) is 2.35. The van der Waals surface area contributed by atoms with Crippen molar-refractivity contribution in [3.05, 3.63) is 29.6 Å². The van der Waals surface area contributed by atoms with Crippen LogP contribution in [-0.2, 0) is 0 Å². The number of hydrogen-bond acceptors (Lipinski definition) is 4. The molecule has 0 amide bonds. The lowest BCUT2D eigenvalue weighted by molar-refractivity contribution is 0.384. The van der Waals surface area contributed by atoms with Crippen LogP contribution in [-0.4, -0.2) is 41.6 Å². The molecule has 0 aromatic heterocycles. The Balaban J connectivity index is 2.46. The highest BCUT2D eigenvalue weighted by Crippen LogP contribution is 2.32. The van der Waals surface area contributed by atoms with E-state index in [9.17, 15) is 4.39 Å². The highest BCUT2D eigenvalue weighted by Gasteiger charge is 2.28. The van der Waals surface area contributed by atoms with Gasteiger partial charge in [0.25, 0.3) is 0 Å². The van der Waals surface area contributed by atoms with Gasteiger partial charge in [-0.2, -0.15) is 5.10 Å². The maximum atomic E-state index is 13.4. The number of rotatable bonds is 2. The Bertz CT molecular complexity index is 530. The van der Waals surface area contributed by atoms with Crippen LogP contribution in [0.5, 0.6) is 0 Å². The fourth-order valence-electron chi connectivity index (χ4n) is 1.90. The summed E-state index contributed by atoms with van der Waals surface area (Å²) < 4.78 is 13.4. The van der Waals surface area contributed by atoms with Gasteiger partial charge in [-0.3, -0.25) is 5.43 Å². The molecule has 1 atom stereocenters. The van der Waals surface area contributed by atoms with E-state index in [2.05, 4.69) is 10.5 Å². The number of benzene rings is 1. The zero-order valence-corrected chi connectivity index (χ0v) is 12.3. The molecule has 0 saturated heterocycles. The smallest absolute Gasteiger partial charge is 0.184 e. The van der Waals surface area contributed by atoms with Gasteiger partial charge in [-0.25, -0.2) is 4.39 Å². The largest absolute Gasteiger partial charge is 0.375 e. The van der Waals surface area contributed by atoms with Gasteiger partial charge in [-0.1, -0.05) is 0 Å². The zero-order valence-electron chi connectivity index (χ0n) is 10.7. The number of nitrogens with zero attached hydrogens (tertiary/aromatic N) is 2. The molecule has 1 heterocycles. The van der Waals surface area contributed by atoms with Crippen molar-refractivity contribution in [2.24, 2.45) is 10.8 Å². The van der Waals surface area contributed by atoms with Crippen LogP contribution < -0.4 is 11.2 Å². The van der Waals surface area contributed by atoms with Crippen molar-refractivity contribution in [1.82, 2.24) is 10.3 Å². The van der Waals surface area contributed by atoms with Crippen LogP contribution in [0, 0.1) is 5.82 Å². The van der Waals surface area contributed by atoms with Gasteiger partial charge in [0.15, 0.2) is 5.11 Å². The van der Waals surface area contributed by atoms with Crippen molar-refractivity contribution in [3.8, 4) is 0 Å². The van der Waals surface area contributed by atoms with E-state index >= 15 is 0 Å². The van der Waals surface area contributed by atoms with E-state index in [0.29, 0.717) is 0 Å². The minimum absolute atomic E-state index is 0.0844. The lowest BCUT2D eigenvalue weighted by Gasteiger charge is -2.30. The summed E-state index contributed by atoms with van der Waals surface area (Å²) in [5.74, 6) is 0.575. The number of nitrogens with one attached hydrogen (secondary N) is 1. The third-order valence-electron chi connectivity index (χ3n) is 2.84. The fraction of sp³-hybridized carbons (Fsp3) is 0.333. The maximum absolute atomic E-state index is 13.4. The molecular formula is C12H15FN4S2. The van der Waals surface area contributed by atoms with Gasteiger partial charge < -0.3 is 10.6 Å². The quantitative estimate of drug-likeness (QED) is 0.638. The molecule has 1 aromatic rings. The van der Waals surface area contributed by atoms with E-state index in [-0.39, 0.29) is 17.0 Å². The Morgan fingerprint density at radius 1 is 1.58 bits per heavy atom. The van der Waals surface area contributed by atoms with Crippen LogP contribution >= 0.6 is 24.0 Å². The highest BCUT2D eigenvalue weighted by molar-refractivity contribution is 7.99. The molecule has 1 aliphatic rings. The van der Waals surface area contributed by atoms with Crippen LogP contribution in [0.4, 0.5) is 4.39 Å². The predicted molar refractivity (Wildman–Crippen MR) is 81.1 cm³/mol. The van der Waals surface area contributed by atoms with Gasteiger partial charge in [-0.15, -0.1) is 11.8 Å². The number of halogens is 1. The minimum Gasteiger partial charge on any atom is -0.375 e. The molecule has 0 bridgehead atoms. The normalized spacial score (nSPS) is 20.4. The van der Waals surface area contributed by atoms with Crippen LogP contribution in [0.15, 0.2) is 28.2 Å². The average molecular weight is 298 g/mol. The van der Waals surface area contributed by atoms with Gasteiger partial charge in [-0.05, 0) is 44.5 Å². The second kappa shape index (κ2) is 5.85. The highest BCUT2D eigenvalue weighted by atomic mass is 32.2. The minimum atomic E-state index is -0.276. The van der Waals surface area contributed by atoms with Gasteiger partial charge in [0, 0.05) is 16.2 Å². The van der Waals surface area contributed by atoms with Crippen molar-refractivity contribution in [1.29, 1.82) is 0 Å². The summed E-state index contributed by atoms with van der Waals surface area (Å²) in [5, 5.41) is 4.34. The Labute approximate surface area is 121 Å². The first-order valence-corrected chi connectivity index (χ1v) is 7.10. The van der Waals surface area contributed by atoms with Gasteiger partial charge in [0.1, 0.15) is 5.82 Å². The van der Waals surface area contributed by atoms with Crippen molar-refractivity contribution >= 4 is 34.8 Å². The lowest BCUT2D eigenvalue weighted by Crippen LogP contribution is -2.42. The summed E-state index contributed by atoms with van der Waals surface area (Å²) in [4.78, 5) is 3.06. The second-order valence-corrected chi connectivity index (χ2v) is 5.91. The van der Waals surface area contributed by atoms with Crippen LogP contribution in [0.1, 0.15) is 5.56 Å². The fourth-order valence-corrected chi connectivity index (χ4v) is 3.22. The Morgan fingerprint density at radius 3 is 2.95 bits per heavy atom. The third kappa shape index (κ3) is 3.23. The van der Waals surface area contributed by atoms with E-state index in [1.807, 2.05) is 19.0 Å². The molecule has 3 N–H and O–H groups in total. The first kappa shape index (κ1) is 14.2. The number of thioether (sulfide) groups is 1. The van der Waals surface area contributed by atoms with Crippen LogP contribution in [0.3, 0.4) is 0 Å². The molecule has 19 heavy (non-hydrogen) atoms. The van der Waals surface area contributed by atoms with Gasteiger partial charge in [0.05, 0.1) is 11.8 Å². The number of hydrazone groups is 1. The third-order valence-corrected chi connectivity index (χ3v) is 4.08. The number of fused-ring (bicyclic) bond motifs is 1. The number of nitrogens with two attached hydrogens (primary N) is 1. The van der Waals surface area contributed by atoms with E-state index in [4.69, 9.17) is 18.0 Å². The van der Waals surface area contributed by atoms with Crippen molar-refractivity contribution in [2.45, 2.75) is 10.9 Å². The molecule has 102 valence electrons. The number of likely N-dealkylation sites (N-methyl/N-ethyl adjacent to an activating group) is 1.